The Morgan fingerprint density at radius 1 is 1.41 bits per heavy atom. The van der Waals surface area contributed by atoms with E-state index >= 15 is 0 Å². The van der Waals surface area contributed by atoms with Crippen LogP contribution in [0.25, 0.3) is 0 Å². The van der Waals surface area contributed by atoms with Crippen molar-refractivity contribution in [3.05, 3.63) is 35.9 Å². The zero-order valence-corrected chi connectivity index (χ0v) is 10.2. The third-order valence-electron chi connectivity index (χ3n) is 2.19. The summed E-state index contributed by atoms with van der Waals surface area (Å²) in [6.45, 7) is 2.15. The number of benzene rings is 1. The molecule has 1 aromatic rings. The highest BCUT2D eigenvalue weighted by atomic mass is 16.5. The van der Waals surface area contributed by atoms with E-state index in [4.69, 9.17) is 4.74 Å². The fourth-order valence-corrected chi connectivity index (χ4v) is 1.33. The lowest BCUT2D eigenvalue weighted by molar-refractivity contribution is -0.143. The Morgan fingerprint density at radius 3 is 2.71 bits per heavy atom. The van der Waals surface area contributed by atoms with Crippen LogP contribution >= 0.6 is 0 Å². The average Bonchev–Trinajstić information content (AvgIpc) is 2.36. The van der Waals surface area contributed by atoms with Crippen molar-refractivity contribution in [3.63, 3.8) is 0 Å². The van der Waals surface area contributed by atoms with Crippen molar-refractivity contribution in [1.82, 2.24) is 5.32 Å². The Hall–Kier alpha value is -1.79. The van der Waals surface area contributed by atoms with Crippen molar-refractivity contribution in [3.8, 4) is 11.8 Å². The predicted molar refractivity (Wildman–Crippen MR) is 67.4 cm³/mol. The summed E-state index contributed by atoms with van der Waals surface area (Å²) < 4.78 is 4.89. The van der Waals surface area contributed by atoms with Crippen LogP contribution in [0.3, 0.4) is 0 Å². The van der Waals surface area contributed by atoms with Crippen molar-refractivity contribution in [2.45, 2.75) is 19.4 Å². The van der Waals surface area contributed by atoms with Gasteiger partial charge in [0.1, 0.15) is 0 Å². The van der Waals surface area contributed by atoms with Gasteiger partial charge in [-0.2, -0.15) is 0 Å². The van der Waals surface area contributed by atoms with E-state index < -0.39 is 6.04 Å². The van der Waals surface area contributed by atoms with E-state index in [1.165, 1.54) is 0 Å². The van der Waals surface area contributed by atoms with E-state index in [-0.39, 0.29) is 5.97 Å². The quantitative estimate of drug-likeness (QED) is 0.628. The zero-order chi connectivity index (χ0) is 12.5. The minimum absolute atomic E-state index is 0.324. The topological polar surface area (TPSA) is 38.3 Å². The Labute approximate surface area is 102 Å². The third-order valence-corrected chi connectivity index (χ3v) is 2.19. The average molecular weight is 231 g/mol. The molecule has 1 N–H and O–H groups in total. The second-order valence-corrected chi connectivity index (χ2v) is 3.46. The molecule has 0 saturated carbocycles. The molecule has 0 heterocycles. The van der Waals surface area contributed by atoms with Gasteiger partial charge in [-0.3, -0.25) is 5.32 Å². The summed E-state index contributed by atoms with van der Waals surface area (Å²) in [5, 5.41) is 2.82. The minimum Gasteiger partial charge on any atom is -0.464 e. The van der Waals surface area contributed by atoms with Crippen LogP contribution in [0.4, 0.5) is 0 Å². The van der Waals surface area contributed by atoms with Crippen LogP contribution in [0.5, 0.6) is 0 Å². The molecule has 0 amide bonds. The van der Waals surface area contributed by atoms with Gasteiger partial charge in [0, 0.05) is 6.42 Å². The van der Waals surface area contributed by atoms with E-state index in [2.05, 4.69) is 17.2 Å². The van der Waals surface area contributed by atoms with Crippen LogP contribution in [-0.4, -0.2) is 25.7 Å². The van der Waals surface area contributed by atoms with Crippen molar-refractivity contribution >= 4 is 5.97 Å². The number of hydrogen-bond donors (Lipinski definition) is 1. The van der Waals surface area contributed by atoms with Crippen LogP contribution in [0, 0.1) is 11.8 Å². The van der Waals surface area contributed by atoms with Gasteiger partial charge in [0.05, 0.1) is 6.61 Å². The molecule has 0 spiro atoms. The first-order valence-electron chi connectivity index (χ1n) is 5.64. The van der Waals surface area contributed by atoms with E-state index in [0.29, 0.717) is 13.0 Å². The number of esters is 1. The van der Waals surface area contributed by atoms with Crippen LogP contribution in [0.15, 0.2) is 30.3 Å². The molecule has 1 atom stereocenters. The first-order chi connectivity index (χ1) is 8.27. The monoisotopic (exact) mass is 231 g/mol. The molecule has 1 rings (SSSR count). The molecule has 3 nitrogen and oxygen atoms in total. The molecule has 3 heteroatoms. The second kappa shape index (κ2) is 7.48. The van der Waals surface area contributed by atoms with Crippen molar-refractivity contribution in [1.29, 1.82) is 0 Å². The summed E-state index contributed by atoms with van der Waals surface area (Å²) in [6.07, 6.45) is 0.637. The highest BCUT2D eigenvalue weighted by molar-refractivity contribution is 5.79. The van der Waals surface area contributed by atoms with Crippen molar-refractivity contribution in [2.24, 2.45) is 0 Å². The number of nitrogens with one attached hydrogen (secondary N) is 1. The Kier molecular flexibility index (Phi) is 5.84. The fourth-order valence-electron chi connectivity index (χ4n) is 1.33. The van der Waals surface area contributed by atoms with E-state index in [1.807, 2.05) is 30.3 Å². The lowest BCUT2D eigenvalue weighted by atomic mass is 10.1. The molecule has 90 valence electrons. The molecule has 0 aliphatic rings. The summed E-state index contributed by atoms with van der Waals surface area (Å²) in [4.78, 5) is 11.4. The van der Waals surface area contributed by atoms with Crippen LogP contribution in [-0.2, 0) is 16.0 Å². The summed E-state index contributed by atoms with van der Waals surface area (Å²) >= 11 is 0. The van der Waals surface area contributed by atoms with Gasteiger partial charge in [-0.15, -0.1) is 0 Å². The van der Waals surface area contributed by atoms with Gasteiger partial charge < -0.3 is 4.74 Å². The smallest absolute Gasteiger partial charge is 0.335 e. The zero-order valence-electron chi connectivity index (χ0n) is 10.2. The van der Waals surface area contributed by atoms with Gasteiger partial charge in [0.15, 0.2) is 6.04 Å². The molecule has 0 aromatic heterocycles. The molecular formula is C14H17NO2. The third kappa shape index (κ3) is 4.71. The van der Waals surface area contributed by atoms with Crippen LogP contribution in [0.1, 0.15) is 12.5 Å². The van der Waals surface area contributed by atoms with Gasteiger partial charge in [-0.25, -0.2) is 4.79 Å². The number of carbonyl (C=O) groups is 1. The Bertz CT molecular complexity index is 403. The van der Waals surface area contributed by atoms with Gasteiger partial charge >= 0.3 is 5.97 Å². The predicted octanol–water partition coefficient (Wildman–Crippen LogP) is 1.38. The number of likely N-dealkylation sites (N-methyl/N-ethyl adjacent to an activating group) is 1. The van der Waals surface area contributed by atoms with Gasteiger partial charge in [0.2, 0.25) is 0 Å². The number of hydrogen-bond acceptors (Lipinski definition) is 3. The summed E-state index contributed by atoms with van der Waals surface area (Å²) in [7, 11) is 1.69. The van der Waals surface area contributed by atoms with Crippen molar-refractivity contribution in [2.75, 3.05) is 13.7 Å². The molecule has 1 aromatic carbocycles. The lowest BCUT2D eigenvalue weighted by Crippen LogP contribution is -2.34. The number of ether oxygens (including phenoxy) is 1. The number of carbonyl (C=O) groups excluding carboxylic acids is 1. The van der Waals surface area contributed by atoms with E-state index in [0.717, 1.165) is 5.56 Å². The highest BCUT2D eigenvalue weighted by Crippen LogP contribution is 1.98. The first kappa shape index (κ1) is 13.3. The SMILES string of the molecule is CCOC(=O)[C@@H](C#CCc1ccccc1)NC. The van der Waals surface area contributed by atoms with Crippen molar-refractivity contribution < 1.29 is 9.53 Å². The fraction of sp³-hybridized carbons (Fsp3) is 0.357. The molecule has 17 heavy (non-hydrogen) atoms. The van der Waals surface area contributed by atoms with E-state index in [1.54, 1.807) is 14.0 Å². The summed E-state index contributed by atoms with van der Waals surface area (Å²) in [5.74, 6) is 5.52. The minimum atomic E-state index is -0.543. The second-order valence-electron chi connectivity index (χ2n) is 3.46. The maximum absolute atomic E-state index is 11.4. The molecular weight excluding hydrogens is 214 g/mol. The normalized spacial score (nSPS) is 11.2. The molecule has 0 bridgehead atoms. The largest absolute Gasteiger partial charge is 0.464 e. The molecule has 0 radical (unpaired) electrons. The first-order valence-corrected chi connectivity index (χ1v) is 5.64. The molecule has 0 aliphatic carbocycles. The van der Waals surface area contributed by atoms with Gasteiger partial charge in [-0.05, 0) is 19.5 Å². The Morgan fingerprint density at radius 2 is 2.12 bits per heavy atom. The summed E-state index contributed by atoms with van der Waals surface area (Å²) in [6, 6.07) is 9.38. The lowest BCUT2D eigenvalue weighted by Gasteiger charge is -2.07. The molecule has 0 fully saturated rings. The summed E-state index contributed by atoms with van der Waals surface area (Å²) in [5.41, 5.74) is 1.14. The van der Waals surface area contributed by atoms with Crippen LogP contribution in [0.2, 0.25) is 0 Å². The van der Waals surface area contributed by atoms with Gasteiger partial charge in [0.25, 0.3) is 0 Å². The maximum Gasteiger partial charge on any atom is 0.335 e. The maximum atomic E-state index is 11.4. The van der Waals surface area contributed by atoms with E-state index in [9.17, 15) is 4.79 Å². The van der Waals surface area contributed by atoms with Gasteiger partial charge in [-0.1, -0.05) is 42.2 Å². The molecule has 0 aliphatic heterocycles. The molecule has 0 unspecified atom stereocenters. The molecule has 0 saturated heterocycles. The number of rotatable bonds is 4. The highest BCUT2D eigenvalue weighted by Gasteiger charge is 2.13. The Balaban J connectivity index is 2.55. The van der Waals surface area contributed by atoms with Crippen LogP contribution < -0.4 is 5.32 Å². The standard InChI is InChI=1S/C14H17NO2/c1-3-17-14(16)13(15-2)11-7-10-12-8-5-4-6-9-12/h4-6,8-9,13,15H,3,10H2,1-2H3/t13-/m1/s1.